The summed E-state index contributed by atoms with van der Waals surface area (Å²) in [7, 11) is 0. The topological polar surface area (TPSA) is 120 Å². The number of hydrogen-bond acceptors (Lipinski definition) is 5. The van der Waals surface area contributed by atoms with Crippen molar-refractivity contribution in [1.82, 2.24) is 11.5 Å². The number of para-hydroxylation sites is 1. The summed E-state index contributed by atoms with van der Waals surface area (Å²) in [5, 5.41) is 20.9. The first-order valence-electron chi connectivity index (χ1n) is 3.91. The maximum absolute atomic E-state index is 10.2. The van der Waals surface area contributed by atoms with Crippen LogP contribution >= 0.6 is 15.9 Å². The maximum atomic E-state index is 10.2. The van der Waals surface area contributed by atoms with E-state index in [0.29, 0.717) is 4.47 Å². The van der Waals surface area contributed by atoms with Crippen molar-refractivity contribution in [1.29, 1.82) is 0 Å². The van der Waals surface area contributed by atoms with Crippen molar-refractivity contribution < 1.29 is 10.0 Å². The van der Waals surface area contributed by atoms with Crippen molar-refractivity contribution in [2.75, 3.05) is 6.54 Å². The van der Waals surface area contributed by atoms with E-state index in [1.165, 1.54) is 6.07 Å². The van der Waals surface area contributed by atoms with Crippen LogP contribution < -0.4 is 11.5 Å². The van der Waals surface area contributed by atoms with Gasteiger partial charge in [0.15, 0.2) is 0 Å². The molecule has 0 amide bonds. The highest BCUT2D eigenvalue weighted by Crippen LogP contribution is 2.22. The summed E-state index contributed by atoms with van der Waals surface area (Å²) < 4.78 is 0.514. The number of nitro benzene ring substituents is 1. The molecule has 1 aliphatic heterocycles. The highest BCUT2D eigenvalue weighted by molar-refractivity contribution is 9.10. The molecule has 6 nitrogen and oxygen atoms in total. The van der Waals surface area contributed by atoms with Crippen LogP contribution in [0, 0.1) is 10.1 Å². The molecule has 0 saturated carbocycles. The third kappa shape index (κ3) is 5.43. The molecular formula is C8H12BrN3O3. The predicted octanol–water partition coefficient (Wildman–Crippen LogP) is 1.43. The Balaban J connectivity index is 0.000000331. The van der Waals surface area contributed by atoms with Gasteiger partial charge in [-0.1, -0.05) is 12.1 Å². The maximum Gasteiger partial charge on any atom is 0.283 e. The largest absolute Gasteiger partial charge is 0.377 e. The first kappa shape index (κ1) is 14.0. The van der Waals surface area contributed by atoms with Gasteiger partial charge in [-0.15, -0.1) is 0 Å². The number of nitro groups is 1. The average Bonchev–Trinajstić information content (AvgIpc) is 2.89. The van der Waals surface area contributed by atoms with Gasteiger partial charge in [0.2, 0.25) is 0 Å². The van der Waals surface area contributed by atoms with Gasteiger partial charge in [-0.3, -0.25) is 15.4 Å². The van der Waals surface area contributed by atoms with E-state index in [-0.39, 0.29) is 18.1 Å². The number of aliphatic hydroxyl groups excluding tert-OH is 1. The summed E-state index contributed by atoms with van der Waals surface area (Å²) in [6, 6.07) is 6.45. The molecule has 0 bridgehead atoms. The van der Waals surface area contributed by atoms with E-state index in [1.54, 1.807) is 18.2 Å². The summed E-state index contributed by atoms with van der Waals surface area (Å²) >= 11 is 3.06. The lowest BCUT2D eigenvalue weighted by Gasteiger charge is -1.91. The highest BCUT2D eigenvalue weighted by Gasteiger charge is 2.13. The molecule has 84 valence electrons. The molecule has 1 aromatic rings. The summed E-state index contributed by atoms with van der Waals surface area (Å²) in [5.74, 6) is 0. The molecule has 0 aliphatic carbocycles. The molecule has 1 atom stereocenters. The number of aliphatic hydroxyl groups is 1. The number of rotatable bonds is 1. The van der Waals surface area contributed by atoms with Crippen molar-refractivity contribution in [2.45, 2.75) is 6.23 Å². The molecular weight excluding hydrogens is 266 g/mol. The van der Waals surface area contributed by atoms with E-state index >= 15 is 0 Å². The van der Waals surface area contributed by atoms with Gasteiger partial charge in [-0.25, -0.2) is 0 Å². The summed E-state index contributed by atoms with van der Waals surface area (Å²) in [4.78, 5) is 9.77. The minimum atomic E-state index is -0.427. The van der Waals surface area contributed by atoms with Gasteiger partial charge in [0.05, 0.1) is 9.40 Å². The number of nitrogens with zero attached hydrogens (tertiary/aromatic N) is 1. The fourth-order valence-corrected chi connectivity index (χ4v) is 1.08. The number of nitrogens with one attached hydrogen (secondary N) is 1. The zero-order valence-electron chi connectivity index (χ0n) is 7.89. The van der Waals surface area contributed by atoms with E-state index in [0.717, 1.165) is 6.54 Å². The molecule has 2 rings (SSSR count). The molecule has 1 fully saturated rings. The smallest absolute Gasteiger partial charge is 0.283 e. The van der Waals surface area contributed by atoms with Crippen molar-refractivity contribution >= 4 is 21.6 Å². The molecule has 15 heavy (non-hydrogen) atoms. The lowest BCUT2D eigenvalue weighted by atomic mass is 10.3. The Kier molecular flexibility index (Phi) is 6.02. The van der Waals surface area contributed by atoms with Gasteiger partial charge in [0.25, 0.3) is 5.69 Å². The Morgan fingerprint density at radius 3 is 2.27 bits per heavy atom. The van der Waals surface area contributed by atoms with E-state index in [1.807, 2.05) is 0 Å². The quantitative estimate of drug-likeness (QED) is 0.407. The lowest BCUT2D eigenvalue weighted by molar-refractivity contribution is -0.385. The van der Waals surface area contributed by atoms with Gasteiger partial charge in [0, 0.05) is 12.6 Å². The summed E-state index contributed by atoms with van der Waals surface area (Å²) in [6.45, 7) is 0.792. The molecule has 1 aliphatic rings. The van der Waals surface area contributed by atoms with Crippen LogP contribution in [0.4, 0.5) is 5.69 Å². The van der Waals surface area contributed by atoms with Crippen LogP contribution in [-0.4, -0.2) is 22.8 Å². The first-order valence-corrected chi connectivity index (χ1v) is 4.71. The Labute approximate surface area is 95.2 Å². The van der Waals surface area contributed by atoms with E-state index in [4.69, 9.17) is 5.11 Å². The van der Waals surface area contributed by atoms with Gasteiger partial charge >= 0.3 is 0 Å². The Morgan fingerprint density at radius 2 is 2.00 bits per heavy atom. The minimum Gasteiger partial charge on any atom is -0.377 e. The van der Waals surface area contributed by atoms with E-state index in [9.17, 15) is 10.1 Å². The number of β-amino-alcohol motifs (C(OH)–C–C–N with tert-alkyl or cyclic N) is 1. The van der Waals surface area contributed by atoms with Crippen molar-refractivity contribution in [3.8, 4) is 0 Å². The number of halogens is 1. The van der Waals surface area contributed by atoms with Gasteiger partial charge in [0.1, 0.15) is 6.23 Å². The highest BCUT2D eigenvalue weighted by atomic mass is 79.9. The van der Waals surface area contributed by atoms with Crippen LogP contribution in [0.15, 0.2) is 28.7 Å². The van der Waals surface area contributed by atoms with Gasteiger partial charge < -0.3 is 11.3 Å². The molecule has 0 radical (unpaired) electrons. The lowest BCUT2D eigenvalue weighted by Crippen LogP contribution is -1.87. The fraction of sp³-hybridized carbons (Fsp3) is 0.250. The molecule has 0 aromatic heterocycles. The van der Waals surface area contributed by atoms with Crippen molar-refractivity contribution in [3.05, 3.63) is 38.9 Å². The first-order chi connectivity index (χ1) is 6.61. The van der Waals surface area contributed by atoms with E-state index in [2.05, 4.69) is 21.2 Å². The molecule has 1 unspecified atom stereocenters. The molecule has 1 heterocycles. The monoisotopic (exact) mass is 277 g/mol. The fourth-order valence-electron chi connectivity index (χ4n) is 0.652. The predicted molar refractivity (Wildman–Crippen MR) is 59.8 cm³/mol. The molecule has 5 N–H and O–H groups in total. The Hall–Kier alpha value is -1.02. The zero-order chi connectivity index (χ0) is 10.6. The van der Waals surface area contributed by atoms with Crippen LogP contribution in [0.3, 0.4) is 0 Å². The van der Waals surface area contributed by atoms with Gasteiger partial charge in [-0.2, -0.15) is 0 Å². The Bertz CT molecular complexity index is 331. The number of hydrogen-bond donors (Lipinski definition) is 3. The van der Waals surface area contributed by atoms with Crippen LogP contribution in [0.5, 0.6) is 0 Å². The van der Waals surface area contributed by atoms with Crippen molar-refractivity contribution in [3.63, 3.8) is 0 Å². The zero-order valence-corrected chi connectivity index (χ0v) is 9.48. The van der Waals surface area contributed by atoms with Crippen molar-refractivity contribution in [2.24, 2.45) is 0 Å². The van der Waals surface area contributed by atoms with Crippen LogP contribution in [0.2, 0.25) is 0 Å². The molecule has 7 heteroatoms. The minimum absolute atomic E-state index is 0. The normalized spacial score (nSPS) is 16.8. The van der Waals surface area contributed by atoms with E-state index < -0.39 is 4.92 Å². The SMILES string of the molecule is N.O=[N+]([O-])c1ccccc1Br.OC1CN1. The summed E-state index contributed by atoms with van der Waals surface area (Å²) in [6.07, 6.45) is -0.167. The second kappa shape index (κ2) is 6.46. The molecule has 1 saturated heterocycles. The van der Waals surface area contributed by atoms with Crippen LogP contribution in [0.25, 0.3) is 0 Å². The molecule has 0 spiro atoms. The van der Waals surface area contributed by atoms with Gasteiger partial charge in [-0.05, 0) is 22.0 Å². The summed E-state index contributed by atoms with van der Waals surface area (Å²) in [5.41, 5.74) is 0.0995. The molecule has 1 aromatic carbocycles. The second-order valence-corrected chi connectivity index (χ2v) is 3.49. The van der Waals surface area contributed by atoms with Crippen LogP contribution in [0.1, 0.15) is 0 Å². The Morgan fingerprint density at radius 1 is 1.53 bits per heavy atom. The standard InChI is InChI=1S/C6H4BrNO2.C2H5NO.H3N/c7-5-3-1-2-4-6(5)8(9)10;4-2-1-3-2;/h1-4H;2-4H,1H2;1H3. The van der Waals surface area contributed by atoms with Crippen LogP contribution in [-0.2, 0) is 0 Å². The third-order valence-electron chi connectivity index (χ3n) is 1.44. The number of benzene rings is 1. The second-order valence-electron chi connectivity index (χ2n) is 2.63. The third-order valence-corrected chi connectivity index (χ3v) is 2.11. The average molecular weight is 278 g/mol.